The minimum atomic E-state index is -3.57. The maximum absolute atomic E-state index is 12.1. The van der Waals surface area contributed by atoms with Crippen LogP contribution in [0.4, 0.5) is 5.69 Å². The lowest BCUT2D eigenvalue weighted by Gasteiger charge is -2.26. The summed E-state index contributed by atoms with van der Waals surface area (Å²) >= 11 is 0. The number of nitrogens with one attached hydrogen (secondary N) is 1. The Hall–Kier alpha value is -1.40. The number of ketones is 1. The maximum Gasteiger partial charge on any atom is 0.225 e. The Morgan fingerprint density at radius 3 is 2.59 bits per heavy atom. The number of fused-ring (bicyclic) bond motifs is 1. The zero-order valence-electron chi connectivity index (χ0n) is 9.67. The Kier molecular flexibility index (Phi) is 2.92. The van der Waals surface area contributed by atoms with Gasteiger partial charge in [0.05, 0.1) is 0 Å². The van der Waals surface area contributed by atoms with E-state index in [-0.39, 0.29) is 12.3 Å². The molecule has 0 fully saturated rings. The van der Waals surface area contributed by atoms with Gasteiger partial charge in [-0.1, -0.05) is 12.1 Å². The molecule has 1 aliphatic heterocycles. The molecule has 5 nitrogen and oxygen atoms in total. The Morgan fingerprint density at radius 1 is 1.29 bits per heavy atom. The summed E-state index contributed by atoms with van der Waals surface area (Å²) in [6.45, 7) is 0.121. The highest BCUT2D eigenvalue weighted by Gasteiger charge is 2.38. The number of hydrogen-bond donors (Lipinski definition) is 1. The summed E-state index contributed by atoms with van der Waals surface area (Å²) in [7, 11) is -0.703. The molecule has 0 saturated carbocycles. The molecule has 0 saturated heterocycles. The minimum absolute atomic E-state index is 0.121. The molecule has 92 valence electrons. The van der Waals surface area contributed by atoms with Crippen molar-refractivity contribution in [2.75, 3.05) is 26.0 Å². The van der Waals surface area contributed by atoms with Crippen LogP contribution in [0.15, 0.2) is 24.3 Å². The fourth-order valence-electron chi connectivity index (χ4n) is 1.82. The molecule has 6 heteroatoms. The summed E-state index contributed by atoms with van der Waals surface area (Å²) in [4.78, 5) is 12.1. The predicted molar refractivity (Wildman–Crippen MR) is 65.7 cm³/mol. The van der Waals surface area contributed by atoms with E-state index in [0.29, 0.717) is 11.3 Å². The van der Waals surface area contributed by atoms with E-state index in [4.69, 9.17) is 0 Å². The van der Waals surface area contributed by atoms with Crippen molar-refractivity contribution in [2.24, 2.45) is 0 Å². The van der Waals surface area contributed by atoms with E-state index in [0.717, 1.165) is 4.31 Å². The van der Waals surface area contributed by atoms with E-state index < -0.39 is 15.3 Å². The van der Waals surface area contributed by atoms with Crippen molar-refractivity contribution in [3.05, 3.63) is 29.8 Å². The van der Waals surface area contributed by atoms with Crippen LogP contribution in [-0.4, -0.2) is 44.4 Å². The minimum Gasteiger partial charge on any atom is -0.383 e. The van der Waals surface area contributed by atoms with Crippen LogP contribution in [0.3, 0.4) is 0 Å². The molecule has 0 radical (unpaired) electrons. The predicted octanol–water partition coefficient (Wildman–Crippen LogP) is 0.555. The van der Waals surface area contributed by atoms with Crippen LogP contribution in [0.2, 0.25) is 0 Å². The second kappa shape index (κ2) is 4.12. The number of benzene rings is 1. The molecule has 1 N–H and O–H groups in total. The molecule has 1 heterocycles. The van der Waals surface area contributed by atoms with Crippen LogP contribution in [0.1, 0.15) is 10.4 Å². The number of hydrogen-bond acceptors (Lipinski definition) is 4. The molecule has 2 rings (SSSR count). The monoisotopic (exact) mass is 254 g/mol. The lowest BCUT2D eigenvalue weighted by molar-refractivity contribution is 0.0985. The molecule has 0 spiro atoms. The fourth-order valence-corrected chi connectivity index (χ4v) is 3.02. The number of carbonyl (C=O) groups is 1. The second-order valence-electron chi connectivity index (χ2n) is 4.11. The van der Waals surface area contributed by atoms with Gasteiger partial charge in [0.15, 0.2) is 11.0 Å². The summed E-state index contributed by atoms with van der Waals surface area (Å²) in [5.74, 6) is -0.340. The molecular formula is C11H14N2O3S. The average molecular weight is 254 g/mol. The lowest BCUT2D eigenvalue weighted by atomic mass is 10.0. The highest BCUT2D eigenvalue weighted by molar-refractivity contribution is 7.90. The van der Waals surface area contributed by atoms with Crippen molar-refractivity contribution in [1.29, 1.82) is 0 Å². The number of para-hydroxylation sites is 1. The third-order valence-corrected chi connectivity index (χ3v) is 4.95. The number of Topliss-reactive ketones (excluding diaryl/α,β-unsaturated/α-hetero) is 1. The second-order valence-corrected chi connectivity index (χ2v) is 6.44. The van der Waals surface area contributed by atoms with Crippen molar-refractivity contribution < 1.29 is 13.2 Å². The van der Waals surface area contributed by atoms with Gasteiger partial charge in [-0.3, -0.25) is 4.79 Å². The van der Waals surface area contributed by atoms with Crippen molar-refractivity contribution >= 4 is 21.5 Å². The van der Waals surface area contributed by atoms with Gasteiger partial charge in [-0.15, -0.1) is 0 Å². The van der Waals surface area contributed by atoms with E-state index in [1.807, 2.05) is 0 Å². The van der Waals surface area contributed by atoms with Gasteiger partial charge < -0.3 is 5.32 Å². The molecule has 1 aromatic carbocycles. The number of carbonyl (C=O) groups excluding carboxylic acids is 1. The quantitative estimate of drug-likeness (QED) is 0.837. The third-order valence-electron chi connectivity index (χ3n) is 2.83. The Labute approximate surface area is 100 Å². The van der Waals surface area contributed by atoms with Crippen molar-refractivity contribution in [3.8, 4) is 0 Å². The van der Waals surface area contributed by atoms with E-state index in [1.54, 1.807) is 24.3 Å². The number of anilines is 1. The van der Waals surface area contributed by atoms with E-state index >= 15 is 0 Å². The first kappa shape index (κ1) is 12.1. The van der Waals surface area contributed by atoms with Gasteiger partial charge in [-0.2, -0.15) is 0 Å². The molecule has 1 unspecified atom stereocenters. The third kappa shape index (κ3) is 1.94. The first-order valence-corrected chi connectivity index (χ1v) is 6.73. The fraction of sp³-hybridized carbons (Fsp3) is 0.364. The maximum atomic E-state index is 12.1. The van der Waals surface area contributed by atoms with Crippen LogP contribution in [0, 0.1) is 0 Å². The summed E-state index contributed by atoms with van der Waals surface area (Å²) in [5.41, 5.74) is 1.14. The van der Waals surface area contributed by atoms with Crippen LogP contribution < -0.4 is 5.32 Å². The largest absolute Gasteiger partial charge is 0.383 e. The van der Waals surface area contributed by atoms with E-state index in [1.165, 1.54) is 14.1 Å². The molecular weight excluding hydrogens is 240 g/mol. The van der Waals surface area contributed by atoms with Crippen molar-refractivity contribution in [1.82, 2.24) is 4.31 Å². The normalized spacial score (nSPS) is 19.9. The zero-order valence-corrected chi connectivity index (χ0v) is 10.5. The first-order chi connectivity index (χ1) is 7.94. The van der Waals surface area contributed by atoms with Crippen LogP contribution in [-0.2, 0) is 10.0 Å². The molecule has 1 aromatic rings. The van der Waals surface area contributed by atoms with E-state index in [9.17, 15) is 13.2 Å². The van der Waals surface area contributed by atoms with E-state index in [2.05, 4.69) is 5.32 Å². The Bertz CT molecular complexity index is 552. The summed E-state index contributed by atoms with van der Waals surface area (Å²) in [5, 5.41) is 1.94. The topological polar surface area (TPSA) is 66.5 Å². The number of nitrogens with zero attached hydrogens (tertiary/aromatic N) is 1. The van der Waals surface area contributed by atoms with Gasteiger partial charge in [-0.05, 0) is 12.1 Å². The van der Waals surface area contributed by atoms with Gasteiger partial charge in [0, 0.05) is 31.9 Å². The Balaban J connectivity index is 2.43. The zero-order chi connectivity index (χ0) is 12.6. The molecule has 1 atom stereocenters. The molecule has 0 amide bonds. The van der Waals surface area contributed by atoms with Gasteiger partial charge in [-0.25, -0.2) is 12.7 Å². The highest BCUT2D eigenvalue weighted by Crippen LogP contribution is 2.25. The van der Waals surface area contributed by atoms with Gasteiger partial charge in [0.1, 0.15) is 0 Å². The van der Waals surface area contributed by atoms with Crippen molar-refractivity contribution in [3.63, 3.8) is 0 Å². The number of rotatable bonds is 2. The summed E-state index contributed by atoms with van der Waals surface area (Å²) in [6, 6.07) is 6.94. The highest BCUT2D eigenvalue weighted by atomic mass is 32.2. The molecule has 0 aliphatic carbocycles. The standard InChI is InChI=1S/C11H14N2O3S/c1-13(2)17(15,16)10-7-12-9-6-4-3-5-8(9)11(10)14/h3-6,10,12H,7H2,1-2H3. The van der Waals surface area contributed by atoms with Crippen molar-refractivity contribution in [2.45, 2.75) is 5.25 Å². The van der Waals surface area contributed by atoms with Gasteiger partial charge >= 0.3 is 0 Å². The molecule has 17 heavy (non-hydrogen) atoms. The molecule has 0 bridgehead atoms. The van der Waals surface area contributed by atoms with Crippen LogP contribution in [0.5, 0.6) is 0 Å². The summed E-state index contributed by atoms with van der Waals surface area (Å²) in [6.07, 6.45) is 0. The lowest BCUT2D eigenvalue weighted by Crippen LogP contribution is -2.45. The average Bonchev–Trinajstić information content (AvgIpc) is 2.29. The van der Waals surface area contributed by atoms with Crippen LogP contribution >= 0.6 is 0 Å². The first-order valence-electron chi connectivity index (χ1n) is 5.23. The Morgan fingerprint density at radius 2 is 1.94 bits per heavy atom. The smallest absolute Gasteiger partial charge is 0.225 e. The molecule has 1 aliphatic rings. The van der Waals surface area contributed by atoms with Crippen LogP contribution in [0.25, 0.3) is 0 Å². The SMILES string of the molecule is CN(C)S(=O)(=O)C1CNc2ccccc2C1=O. The van der Waals surface area contributed by atoms with Gasteiger partial charge in [0.2, 0.25) is 10.0 Å². The summed E-state index contributed by atoms with van der Waals surface area (Å²) < 4.78 is 25.0. The van der Waals surface area contributed by atoms with Gasteiger partial charge in [0.25, 0.3) is 0 Å². The molecule has 0 aromatic heterocycles. The number of sulfonamides is 1.